The van der Waals surface area contributed by atoms with Gasteiger partial charge in [0.1, 0.15) is 0 Å². The van der Waals surface area contributed by atoms with Gasteiger partial charge in [-0.1, -0.05) is 13.3 Å². The van der Waals surface area contributed by atoms with Gasteiger partial charge in [0.05, 0.1) is 5.69 Å². The van der Waals surface area contributed by atoms with Crippen LogP contribution in [0.15, 0.2) is 0 Å². The number of alkyl halides is 3. The molecule has 18 heavy (non-hydrogen) atoms. The Balaban J connectivity index is 2.48. The van der Waals surface area contributed by atoms with E-state index < -0.39 is 12.0 Å². The first-order valence-corrected chi connectivity index (χ1v) is 6.33. The summed E-state index contributed by atoms with van der Waals surface area (Å²) in [6, 6.07) is -0.152. The van der Waals surface area contributed by atoms with Crippen LogP contribution in [0.2, 0.25) is 0 Å². The van der Waals surface area contributed by atoms with Gasteiger partial charge >= 0.3 is 6.18 Å². The van der Waals surface area contributed by atoms with Crippen LogP contribution in [-0.4, -0.2) is 16.1 Å². The van der Waals surface area contributed by atoms with Crippen LogP contribution in [0.1, 0.15) is 49.9 Å². The van der Waals surface area contributed by atoms with E-state index in [0.717, 1.165) is 25.1 Å². The topological polar surface area (TPSA) is 29.9 Å². The quantitative estimate of drug-likeness (QED) is 0.906. The minimum atomic E-state index is -4.38. The maximum atomic E-state index is 13.0. The summed E-state index contributed by atoms with van der Waals surface area (Å²) in [4.78, 5) is 3.80. The molecule has 1 atom stereocenters. The number of fused-ring (bicyclic) bond motifs is 1. The molecule has 2 heterocycles. The lowest BCUT2D eigenvalue weighted by Crippen LogP contribution is -2.26. The number of hydrogen-bond acceptors (Lipinski definition) is 2. The van der Waals surface area contributed by atoms with Crippen molar-refractivity contribution in [3.05, 3.63) is 17.2 Å². The second-order valence-electron chi connectivity index (χ2n) is 4.76. The predicted molar refractivity (Wildman–Crippen MR) is 62.3 cm³/mol. The molecule has 1 N–H and O–H groups in total. The van der Waals surface area contributed by atoms with E-state index in [1.165, 1.54) is 4.57 Å². The fourth-order valence-electron chi connectivity index (χ4n) is 2.55. The van der Waals surface area contributed by atoms with E-state index in [0.29, 0.717) is 18.7 Å². The SMILES string of the molecule is CCCC(C)n1c(C(F)(F)F)nc2c1CCNC2. The Morgan fingerprint density at radius 1 is 1.44 bits per heavy atom. The van der Waals surface area contributed by atoms with Gasteiger partial charge in [0.25, 0.3) is 0 Å². The molecule has 1 aliphatic rings. The molecule has 0 fully saturated rings. The molecule has 3 nitrogen and oxygen atoms in total. The molecule has 1 aromatic heterocycles. The average Bonchev–Trinajstić information content (AvgIpc) is 2.68. The lowest BCUT2D eigenvalue weighted by molar-refractivity contribution is -0.148. The largest absolute Gasteiger partial charge is 0.449 e. The molecule has 0 aliphatic carbocycles. The molecule has 102 valence electrons. The van der Waals surface area contributed by atoms with Crippen LogP contribution < -0.4 is 5.32 Å². The fraction of sp³-hybridized carbons (Fsp3) is 0.750. The summed E-state index contributed by atoms with van der Waals surface area (Å²) in [5.74, 6) is -0.739. The van der Waals surface area contributed by atoms with E-state index in [2.05, 4.69) is 10.3 Å². The van der Waals surface area contributed by atoms with Gasteiger partial charge in [0, 0.05) is 31.2 Å². The van der Waals surface area contributed by atoms with Gasteiger partial charge in [-0.3, -0.25) is 0 Å². The van der Waals surface area contributed by atoms with E-state index in [1.807, 2.05) is 13.8 Å². The zero-order chi connectivity index (χ0) is 13.3. The van der Waals surface area contributed by atoms with Crippen molar-refractivity contribution in [3.8, 4) is 0 Å². The summed E-state index contributed by atoms with van der Waals surface area (Å²) in [6.45, 7) is 4.97. The van der Waals surface area contributed by atoms with Crippen LogP contribution in [0.4, 0.5) is 13.2 Å². The third kappa shape index (κ3) is 2.39. The van der Waals surface area contributed by atoms with Crippen molar-refractivity contribution in [2.24, 2.45) is 0 Å². The molecule has 0 radical (unpaired) electrons. The molecule has 6 heteroatoms. The van der Waals surface area contributed by atoms with Crippen LogP contribution in [0.5, 0.6) is 0 Å². The molecular formula is C12H18F3N3. The normalized spacial score (nSPS) is 17.6. The van der Waals surface area contributed by atoms with Crippen molar-refractivity contribution in [1.82, 2.24) is 14.9 Å². The Morgan fingerprint density at radius 2 is 2.17 bits per heavy atom. The lowest BCUT2D eigenvalue weighted by atomic mass is 10.1. The first-order chi connectivity index (χ1) is 8.45. The van der Waals surface area contributed by atoms with Crippen LogP contribution in [0.3, 0.4) is 0 Å². The summed E-state index contributed by atoms with van der Waals surface area (Å²) in [6.07, 6.45) is -2.16. The molecule has 0 spiro atoms. The maximum Gasteiger partial charge on any atom is 0.449 e. The Labute approximate surface area is 104 Å². The number of halogens is 3. The summed E-state index contributed by atoms with van der Waals surface area (Å²) in [5, 5.41) is 3.06. The number of rotatable bonds is 3. The molecule has 0 saturated heterocycles. The van der Waals surface area contributed by atoms with Crippen molar-refractivity contribution < 1.29 is 13.2 Å². The average molecular weight is 261 g/mol. The molecule has 0 saturated carbocycles. The molecule has 0 bridgehead atoms. The van der Waals surface area contributed by atoms with Gasteiger partial charge in [-0.15, -0.1) is 0 Å². The van der Waals surface area contributed by atoms with Gasteiger partial charge in [-0.25, -0.2) is 4.98 Å². The monoisotopic (exact) mass is 261 g/mol. The first kappa shape index (κ1) is 13.4. The second kappa shape index (κ2) is 4.91. The zero-order valence-corrected chi connectivity index (χ0v) is 10.6. The van der Waals surface area contributed by atoms with E-state index >= 15 is 0 Å². The molecular weight excluding hydrogens is 243 g/mol. The van der Waals surface area contributed by atoms with Crippen LogP contribution >= 0.6 is 0 Å². The number of aromatic nitrogens is 2. The van der Waals surface area contributed by atoms with Gasteiger partial charge in [0.15, 0.2) is 0 Å². The number of nitrogens with zero attached hydrogens (tertiary/aromatic N) is 2. The smallest absolute Gasteiger partial charge is 0.321 e. The highest BCUT2D eigenvalue weighted by molar-refractivity contribution is 5.22. The minimum Gasteiger partial charge on any atom is -0.321 e. The number of nitrogens with one attached hydrogen (secondary N) is 1. The van der Waals surface area contributed by atoms with Crippen molar-refractivity contribution >= 4 is 0 Å². The Hall–Kier alpha value is -1.04. The minimum absolute atomic E-state index is 0.152. The van der Waals surface area contributed by atoms with E-state index in [4.69, 9.17) is 0 Å². The maximum absolute atomic E-state index is 13.0. The Bertz CT molecular complexity index is 423. The summed E-state index contributed by atoms with van der Waals surface area (Å²) < 4.78 is 40.5. The Morgan fingerprint density at radius 3 is 2.78 bits per heavy atom. The number of imidazole rings is 1. The highest BCUT2D eigenvalue weighted by Crippen LogP contribution is 2.34. The summed E-state index contributed by atoms with van der Waals surface area (Å²) in [5.41, 5.74) is 1.30. The van der Waals surface area contributed by atoms with Crippen LogP contribution in [0.25, 0.3) is 0 Å². The lowest BCUT2D eigenvalue weighted by Gasteiger charge is -2.22. The number of hydrogen-bond donors (Lipinski definition) is 1. The Kier molecular flexibility index (Phi) is 3.66. The molecule has 1 unspecified atom stereocenters. The van der Waals surface area contributed by atoms with Crippen molar-refractivity contribution in [2.45, 2.75) is 51.9 Å². The first-order valence-electron chi connectivity index (χ1n) is 6.33. The van der Waals surface area contributed by atoms with Crippen LogP contribution in [-0.2, 0) is 19.1 Å². The molecule has 0 amide bonds. The zero-order valence-electron chi connectivity index (χ0n) is 10.6. The van der Waals surface area contributed by atoms with Crippen molar-refractivity contribution in [1.29, 1.82) is 0 Å². The summed E-state index contributed by atoms with van der Waals surface area (Å²) >= 11 is 0. The van der Waals surface area contributed by atoms with E-state index in [1.54, 1.807) is 0 Å². The summed E-state index contributed by atoms with van der Waals surface area (Å²) in [7, 11) is 0. The molecule has 2 rings (SSSR count). The molecule has 1 aromatic rings. The highest BCUT2D eigenvalue weighted by atomic mass is 19.4. The second-order valence-corrected chi connectivity index (χ2v) is 4.76. The van der Waals surface area contributed by atoms with Gasteiger partial charge in [-0.05, 0) is 13.3 Å². The molecule has 1 aliphatic heterocycles. The highest BCUT2D eigenvalue weighted by Gasteiger charge is 2.40. The van der Waals surface area contributed by atoms with Crippen molar-refractivity contribution in [2.75, 3.05) is 6.54 Å². The fourth-order valence-corrected chi connectivity index (χ4v) is 2.55. The van der Waals surface area contributed by atoms with Gasteiger partial charge in [0.2, 0.25) is 5.82 Å². The molecule has 0 aromatic carbocycles. The third-order valence-electron chi connectivity index (χ3n) is 3.32. The van der Waals surface area contributed by atoms with Gasteiger partial charge in [-0.2, -0.15) is 13.2 Å². The van der Waals surface area contributed by atoms with E-state index in [9.17, 15) is 13.2 Å². The predicted octanol–water partition coefficient (Wildman–Crippen LogP) is 2.91. The third-order valence-corrected chi connectivity index (χ3v) is 3.32. The standard InChI is InChI=1S/C12H18F3N3/c1-3-4-8(2)18-10-5-6-16-7-9(10)17-11(18)12(13,14)15/h8,16H,3-7H2,1-2H3. The van der Waals surface area contributed by atoms with Crippen LogP contribution in [0, 0.1) is 0 Å². The van der Waals surface area contributed by atoms with Gasteiger partial charge < -0.3 is 9.88 Å². The van der Waals surface area contributed by atoms with Crippen molar-refractivity contribution in [3.63, 3.8) is 0 Å². The van der Waals surface area contributed by atoms with E-state index in [-0.39, 0.29) is 6.04 Å².